The summed E-state index contributed by atoms with van der Waals surface area (Å²) < 4.78 is 39.6. The average molecular weight is 584 g/mol. The Kier molecular flexibility index (Phi) is 8.53. The first-order chi connectivity index (χ1) is 20.2. The predicted octanol–water partition coefficient (Wildman–Crippen LogP) is 6.25. The number of rotatable bonds is 10. The lowest BCUT2D eigenvalue weighted by molar-refractivity contribution is -0.212. The number of carbonyl (C=O) groups is 1. The van der Waals surface area contributed by atoms with E-state index in [2.05, 4.69) is 17.4 Å². The van der Waals surface area contributed by atoms with E-state index in [0.717, 1.165) is 73.3 Å². The highest BCUT2D eigenvalue weighted by atomic mass is 19.3. The van der Waals surface area contributed by atoms with Crippen LogP contribution in [0.3, 0.4) is 0 Å². The summed E-state index contributed by atoms with van der Waals surface area (Å²) in [6.07, 6.45) is 6.68. The molecule has 4 heterocycles. The highest BCUT2D eigenvalue weighted by molar-refractivity contribution is 5.76. The van der Waals surface area contributed by atoms with Crippen molar-refractivity contribution in [2.75, 3.05) is 38.2 Å². The normalized spacial score (nSPS) is 25.4. The van der Waals surface area contributed by atoms with Crippen LogP contribution in [-0.2, 0) is 27.1 Å². The molecule has 0 bridgehead atoms. The smallest absolute Gasteiger partial charge is 0.325 e. The Morgan fingerprint density at radius 3 is 2.86 bits per heavy atom. The van der Waals surface area contributed by atoms with Crippen molar-refractivity contribution in [1.82, 2.24) is 9.88 Å². The van der Waals surface area contributed by atoms with Crippen LogP contribution in [0.4, 0.5) is 14.6 Å². The maximum atomic E-state index is 13.6. The summed E-state index contributed by atoms with van der Waals surface area (Å²) in [6.45, 7) is 5.11. The van der Waals surface area contributed by atoms with Gasteiger partial charge in [-0.25, -0.2) is 13.8 Å². The molecule has 0 amide bonds. The Balaban J connectivity index is 1.02. The highest BCUT2D eigenvalue weighted by Gasteiger charge is 2.57. The SMILES string of the molecule is Cc1ccc([C@@H]2CCC3(CO2)CC(F)(F)C3)c([C@H](C(=O)O)N2CC[C@@H](OCCCCc3ccc4c(n3)NCCC4)C2)c1. The zero-order valence-corrected chi connectivity index (χ0v) is 24.5. The number of aliphatic carboxylic acids is 1. The van der Waals surface area contributed by atoms with Crippen molar-refractivity contribution in [2.24, 2.45) is 5.41 Å². The number of nitrogens with zero attached hydrogens (tertiary/aromatic N) is 2. The molecule has 1 aromatic carbocycles. The number of aryl methyl sites for hydroxylation is 3. The number of anilines is 1. The number of nitrogens with one attached hydrogen (secondary N) is 1. The second kappa shape index (κ2) is 12.2. The number of carboxylic acids is 1. The number of halogens is 2. The highest BCUT2D eigenvalue weighted by Crippen LogP contribution is 2.58. The molecule has 2 N–H and O–H groups in total. The topological polar surface area (TPSA) is 83.9 Å². The maximum Gasteiger partial charge on any atom is 0.325 e. The summed E-state index contributed by atoms with van der Waals surface area (Å²) in [4.78, 5) is 19.5. The number of likely N-dealkylation sites (tertiary alicyclic amines) is 1. The van der Waals surface area contributed by atoms with Crippen molar-refractivity contribution in [2.45, 2.75) is 95.3 Å². The minimum atomic E-state index is -2.58. The van der Waals surface area contributed by atoms with Crippen LogP contribution in [0.5, 0.6) is 0 Å². The van der Waals surface area contributed by atoms with Crippen molar-refractivity contribution < 1.29 is 28.2 Å². The second-order valence-electron chi connectivity index (χ2n) is 13.0. The lowest BCUT2D eigenvalue weighted by atomic mass is 9.62. The Morgan fingerprint density at radius 1 is 1.24 bits per heavy atom. The summed E-state index contributed by atoms with van der Waals surface area (Å²) in [6, 6.07) is 9.43. The molecule has 7 nitrogen and oxygen atoms in total. The van der Waals surface area contributed by atoms with Gasteiger partial charge in [-0.1, -0.05) is 29.8 Å². The Morgan fingerprint density at radius 2 is 2.10 bits per heavy atom. The van der Waals surface area contributed by atoms with Crippen LogP contribution in [0.15, 0.2) is 30.3 Å². The third-order valence-electron chi connectivity index (χ3n) is 9.59. The number of carboxylic acid groups (broad SMARTS) is 1. The fraction of sp³-hybridized carbons (Fsp3) is 0.636. The predicted molar refractivity (Wildman–Crippen MR) is 156 cm³/mol. The van der Waals surface area contributed by atoms with E-state index in [4.69, 9.17) is 14.5 Å². The molecule has 6 rings (SSSR count). The molecular weight excluding hydrogens is 540 g/mol. The van der Waals surface area contributed by atoms with Crippen molar-refractivity contribution in [3.8, 4) is 0 Å². The van der Waals surface area contributed by atoms with Crippen LogP contribution in [0, 0.1) is 12.3 Å². The molecule has 9 heteroatoms. The van der Waals surface area contributed by atoms with Gasteiger partial charge < -0.3 is 19.9 Å². The van der Waals surface area contributed by atoms with Gasteiger partial charge in [0.25, 0.3) is 0 Å². The molecule has 1 spiro atoms. The van der Waals surface area contributed by atoms with Crippen LogP contribution in [0.25, 0.3) is 0 Å². The van der Waals surface area contributed by atoms with Crippen LogP contribution in [0.1, 0.15) is 91.5 Å². The van der Waals surface area contributed by atoms with Gasteiger partial charge >= 0.3 is 5.97 Å². The largest absolute Gasteiger partial charge is 0.480 e. The zero-order valence-electron chi connectivity index (χ0n) is 24.5. The summed E-state index contributed by atoms with van der Waals surface area (Å²) in [5.74, 6) is -2.43. The third kappa shape index (κ3) is 6.48. The molecule has 1 saturated carbocycles. The van der Waals surface area contributed by atoms with E-state index in [1.165, 1.54) is 5.56 Å². The molecule has 2 saturated heterocycles. The van der Waals surface area contributed by atoms with Gasteiger partial charge in [0.1, 0.15) is 11.9 Å². The van der Waals surface area contributed by atoms with E-state index in [1.54, 1.807) is 0 Å². The number of alkyl halides is 2. The molecule has 3 aliphatic heterocycles. The summed E-state index contributed by atoms with van der Waals surface area (Å²) >= 11 is 0. The van der Waals surface area contributed by atoms with Gasteiger partial charge in [0.15, 0.2) is 0 Å². The minimum absolute atomic E-state index is 0.00254. The lowest BCUT2D eigenvalue weighted by Crippen LogP contribution is -2.51. The lowest BCUT2D eigenvalue weighted by Gasteiger charge is -2.51. The van der Waals surface area contributed by atoms with Gasteiger partial charge in [-0.05, 0) is 81.0 Å². The number of unbranched alkanes of at least 4 members (excludes halogenated alkanes) is 1. The fourth-order valence-electron chi connectivity index (χ4n) is 7.44. The van der Waals surface area contributed by atoms with Gasteiger partial charge in [0, 0.05) is 50.2 Å². The summed E-state index contributed by atoms with van der Waals surface area (Å²) in [5.41, 5.74) is 4.58. The Bertz CT molecular complexity index is 1270. The molecule has 228 valence electrons. The van der Waals surface area contributed by atoms with Gasteiger partial charge in [-0.2, -0.15) is 0 Å². The number of fused-ring (bicyclic) bond motifs is 1. The van der Waals surface area contributed by atoms with Gasteiger partial charge in [-0.3, -0.25) is 9.69 Å². The molecule has 3 fully saturated rings. The van der Waals surface area contributed by atoms with Crippen LogP contribution in [0.2, 0.25) is 0 Å². The quantitative estimate of drug-likeness (QED) is 0.320. The van der Waals surface area contributed by atoms with Crippen molar-refractivity contribution in [1.29, 1.82) is 0 Å². The van der Waals surface area contributed by atoms with E-state index in [0.29, 0.717) is 39.1 Å². The number of hydrogen-bond donors (Lipinski definition) is 2. The maximum absolute atomic E-state index is 13.6. The molecular formula is C33H43F2N3O4. The van der Waals surface area contributed by atoms with E-state index in [9.17, 15) is 18.7 Å². The van der Waals surface area contributed by atoms with E-state index < -0.39 is 23.3 Å². The number of aromatic nitrogens is 1. The number of pyridine rings is 1. The van der Waals surface area contributed by atoms with E-state index in [-0.39, 0.29) is 25.0 Å². The van der Waals surface area contributed by atoms with E-state index in [1.807, 2.05) is 30.0 Å². The number of ether oxygens (including phenoxy) is 2. The Hall–Kier alpha value is -2.62. The van der Waals surface area contributed by atoms with Crippen molar-refractivity contribution in [3.05, 3.63) is 58.3 Å². The second-order valence-corrected chi connectivity index (χ2v) is 13.0. The zero-order chi connectivity index (χ0) is 29.3. The molecule has 1 aliphatic carbocycles. The first-order valence-corrected chi connectivity index (χ1v) is 15.6. The summed E-state index contributed by atoms with van der Waals surface area (Å²) in [5, 5.41) is 13.8. The molecule has 3 atom stereocenters. The minimum Gasteiger partial charge on any atom is -0.480 e. The molecule has 4 aliphatic rings. The standard InChI is InChI=1S/C33H43F2N3O4/c1-22-7-10-26(28-11-13-32(21-42-28)19-33(34,35)20-32)27(17-22)29(31(39)40)38-15-12-25(18-38)41-16-3-2-6-24-9-8-23-5-4-14-36-30(23)37-24/h7-10,17,25,28-29H,2-6,11-16,18-21H2,1H3,(H,36,37)(H,39,40)/t25-,28+,29-/m1/s1. The number of hydrogen-bond acceptors (Lipinski definition) is 6. The van der Waals surface area contributed by atoms with Crippen molar-refractivity contribution >= 4 is 11.8 Å². The molecule has 2 aromatic rings. The van der Waals surface area contributed by atoms with Crippen molar-refractivity contribution in [3.63, 3.8) is 0 Å². The van der Waals surface area contributed by atoms with Gasteiger partial charge in [0.05, 0.1) is 18.8 Å². The molecule has 1 aromatic heterocycles. The monoisotopic (exact) mass is 583 g/mol. The summed E-state index contributed by atoms with van der Waals surface area (Å²) in [7, 11) is 0. The number of benzene rings is 1. The third-order valence-corrected chi connectivity index (χ3v) is 9.59. The van der Waals surface area contributed by atoms with E-state index >= 15 is 0 Å². The molecule has 42 heavy (non-hydrogen) atoms. The first-order valence-electron chi connectivity index (χ1n) is 15.6. The van der Waals surface area contributed by atoms with Gasteiger partial charge in [0.2, 0.25) is 5.92 Å². The molecule has 0 radical (unpaired) electrons. The fourth-order valence-corrected chi connectivity index (χ4v) is 7.44. The Labute approximate surface area is 247 Å². The van der Waals surface area contributed by atoms with Crippen LogP contribution < -0.4 is 5.32 Å². The van der Waals surface area contributed by atoms with Crippen LogP contribution >= 0.6 is 0 Å². The van der Waals surface area contributed by atoms with Gasteiger partial charge in [-0.15, -0.1) is 0 Å². The first kappa shape index (κ1) is 29.5. The van der Waals surface area contributed by atoms with Crippen LogP contribution in [-0.4, -0.2) is 65.8 Å². The molecule has 0 unspecified atom stereocenters. The average Bonchev–Trinajstić information content (AvgIpc) is 3.40.